The molecule has 8 heteroatoms. The molecule has 0 aliphatic rings. The fourth-order valence-electron chi connectivity index (χ4n) is 1.56. The van der Waals surface area contributed by atoms with Crippen molar-refractivity contribution in [2.75, 3.05) is 19.9 Å². The maximum Gasteiger partial charge on any atom is 0.411 e. The molecule has 0 fully saturated rings. The Balaban J connectivity index is 2.65. The molecule has 1 aromatic rings. The van der Waals surface area contributed by atoms with E-state index in [9.17, 15) is 13.2 Å². The molecule has 1 N–H and O–H groups in total. The first-order chi connectivity index (χ1) is 9.83. The van der Waals surface area contributed by atoms with E-state index in [4.69, 9.17) is 27.9 Å². The summed E-state index contributed by atoms with van der Waals surface area (Å²) in [4.78, 5) is 0. The monoisotopic (exact) mass is 345 g/mol. The summed E-state index contributed by atoms with van der Waals surface area (Å²) < 4.78 is 45.5. The van der Waals surface area contributed by atoms with Crippen LogP contribution in [0.25, 0.3) is 0 Å². The number of halogens is 5. The number of nitrogens with one attached hydrogen (secondary N) is 1. The van der Waals surface area contributed by atoms with Crippen LogP contribution < -0.4 is 10.1 Å². The van der Waals surface area contributed by atoms with Crippen LogP contribution in [0.3, 0.4) is 0 Å². The summed E-state index contributed by atoms with van der Waals surface area (Å²) >= 11 is 11.9. The van der Waals surface area contributed by atoms with Crippen molar-refractivity contribution in [2.45, 2.75) is 26.1 Å². The molecule has 1 rings (SSSR count). The molecule has 0 aromatic heterocycles. The summed E-state index contributed by atoms with van der Waals surface area (Å²) in [6.45, 7) is 1.33. The standard InChI is InChI=1S/C13H16Cl2F3NO2/c1-2-3-19-6-9-4-10(14)5-11(15)12(9)21-8-20-7-13(16,17)18/h4-5,19H,2-3,6-8H2,1H3. The summed E-state index contributed by atoms with van der Waals surface area (Å²) in [5, 5.41) is 3.80. The molecule has 0 atom stereocenters. The van der Waals surface area contributed by atoms with E-state index in [2.05, 4.69) is 10.1 Å². The summed E-state index contributed by atoms with van der Waals surface area (Å²) in [6.07, 6.45) is -3.45. The topological polar surface area (TPSA) is 30.5 Å². The Hall–Kier alpha value is -0.690. The minimum atomic E-state index is -4.39. The lowest BCUT2D eigenvalue weighted by Crippen LogP contribution is -2.20. The molecule has 21 heavy (non-hydrogen) atoms. The highest BCUT2D eigenvalue weighted by Gasteiger charge is 2.27. The lowest BCUT2D eigenvalue weighted by Gasteiger charge is -2.15. The summed E-state index contributed by atoms with van der Waals surface area (Å²) in [7, 11) is 0. The van der Waals surface area contributed by atoms with Gasteiger partial charge in [0.15, 0.2) is 6.79 Å². The van der Waals surface area contributed by atoms with Crippen LogP contribution in [0.2, 0.25) is 10.0 Å². The number of hydrogen-bond acceptors (Lipinski definition) is 3. The smallest absolute Gasteiger partial charge is 0.411 e. The molecule has 120 valence electrons. The van der Waals surface area contributed by atoms with Gasteiger partial charge in [-0.2, -0.15) is 13.2 Å². The van der Waals surface area contributed by atoms with Gasteiger partial charge >= 0.3 is 6.18 Å². The maximum absolute atomic E-state index is 12.0. The Bertz CT molecular complexity index is 456. The van der Waals surface area contributed by atoms with Gasteiger partial charge in [0, 0.05) is 17.1 Å². The van der Waals surface area contributed by atoms with E-state index in [1.54, 1.807) is 6.07 Å². The van der Waals surface area contributed by atoms with Gasteiger partial charge in [-0.25, -0.2) is 0 Å². The lowest BCUT2D eigenvalue weighted by molar-refractivity contribution is -0.186. The average Bonchev–Trinajstić information content (AvgIpc) is 2.35. The van der Waals surface area contributed by atoms with Crippen LogP contribution in [0.1, 0.15) is 18.9 Å². The molecule has 0 heterocycles. The fraction of sp³-hybridized carbons (Fsp3) is 0.538. The number of rotatable bonds is 8. The highest BCUT2D eigenvalue weighted by atomic mass is 35.5. The molecular weight excluding hydrogens is 330 g/mol. The molecule has 0 saturated heterocycles. The molecule has 0 bridgehead atoms. The van der Waals surface area contributed by atoms with Gasteiger partial charge in [0.2, 0.25) is 0 Å². The molecule has 0 spiro atoms. The number of alkyl halides is 3. The van der Waals surface area contributed by atoms with Gasteiger partial charge in [-0.05, 0) is 25.1 Å². The van der Waals surface area contributed by atoms with E-state index in [1.165, 1.54) is 6.07 Å². The molecular formula is C13H16Cl2F3NO2. The molecule has 3 nitrogen and oxygen atoms in total. The van der Waals surface area contributed by atoms with Crippen LogP contribution in [0.5, 0.6) is 5.75 Å². The van der Waals surface area contributed by atoms with Crippen molar-refractivity contribution >= 4 is 23.2 Å². The van der Waals surface area contributed by atoms with E-state index in [1.807, 2.05) is 6.92 Å². The van der Waals surface area contributed by atoms with Gasteiger partial charge in [0.05, 0.1) is 5.02 Å². The Kier molecular flexibility index (Phi) is 7.59. The van der Waals surface area contributed by atoms with Crippen molar-refractivity contribution in [3.8, 4) is 5.75 Å². The van der Waals surface area contributed by atoms with E-state index < -0.39 is 19.6 Å². The van der Waals surface area contributed by atoms with Crippen LogP contribution >= 0.6 is 23.2 Å². The van der Waals surface area contributed by atoms with Gasteiger partial charge in [-0.15, -0.1) is 0 Å². The van der Waals surface area contributed by atoms with Gasteiger partial charge in [0.1, 0.15) is 12.4 Å². The molecule has 0 aliphatic carbocycles. The highest BCUT2D eigenvalue weighted by Crippen LogP contribution is 2.32. The predicted octanol–water partition coefficient (Wildman–Crippen LogP) is 4.41. The molecule has 0 amide bonds. The quantitative estimate of drug-likeness (QED) is 0.559. The van der Waals surface area contributed by atoms with Gasteiger partial charge in [0.25, 0.3) is 0 Å². The molecule has 1 aromatic carbocycles. The Labute approximate surface area is 131 Å². The number of hydrogen-bond donors (Lipinski definition) is 1. The normalized spacial score (nSPS) is 11.7. The van der Waals surface area contributed by atoms with Crippen molar-refractivity contribution in [3.63, 3.8) is 0 Å². The van der Waals surface area contributed by atoms with Crippen LogP contribution in [-0.2, 0) is 11.3 Å². The summed E-state index contributed by atoms with van der Waals surface area (Å²) in [5.74, 6) is 0.270. The zero-order valence-electron chi connectivity index (χ0n) is 11.4. The van der Waals surface area contributed by atoms with Crippen LogP contribution in [0.15, 0.2) is 12.1 Å². The van der Waals surface area contributed by atoms with Crippen molar-refractivity contribution in [1.29, 1.82) is 0 Å². The number of ether oxygens (including phenoxy) is 2. The zero-order valence-corrected chi connectivity index (χ0v) is 12.9. The average molecular weight is 346 g/mol. The van der Waals surface area contributed by atoms with Crippen LogP contribution in [0.4, 0.5) is 13.2 Å². The first kappa shape index (κ1) is 18.4. The third kappa shape index (κ3) is 7.22. The molecule has 0 aliphatic heterocycles. The van der Waals surface area contributed by atoms with E-state index in [-0.39, 0.29) is 10.8 Å². The second kappa shape index (κ2) is 8.68. The minimum absolute atomic E-state index is 0.228. The molecule has 0 unspecified atom stereocenters. The number of benzene rings is 1. The van der Waals surface area contributed by atoms with Crippen LogP contribution in [-0.4, -0.2) is 26.1 Å². The van der Waals surface area contributed by atoms with Crippen molar-refractivity contribution < 1.29 is 22.6 Å². The van der Waals surface area contributed by atoms with E-state index >= 15 is 0 Å². The first-order valence-corrected chi connectivity index (χ1v) is 7.05. The van der Waals surface area contributed by atoms with E-state index in [0.29, 0.717) is 17.1 Å². The zero-order chi connectivity index (χ0) is 15.9. The SMILES string of the molecule is CCCNCc1cc(Cl)cc(Cl)c1OCOCC(F)(F)F. The Morgan fingerprint density at radius 1 is 1.24 bits per heavy atom. The van der Waals surface area contributed by atoms with Crippen molar-refractivity contribution in [2.24, 2.45) is 0 Å². The predicted molar refractivity (Wildman–Crippen MR) is 76.0 cm³/mol. The van der Waals surface area contributed by atoms with Crippen LogP contribution in [0, 0.1) is 0 Å². The maximum atomic E-state index is 12.0. The lowest BCUT2D eigenvalue weighted by atomic mass is 10.2. The molecule has 0 radical (unpaired) electrons. The van der Waals surface area contributed by atoms with Crippen molar-refractivity contribution in [1.82, 2.24) is 5.32 Å². The summed E-state index contributed by atoms with van der Waals surface area (Å²) in [6, 6.07) is 3.11. The van der Waals surface area contributed by atoms with Gasteiger partial charge in [-0.1, -0.05) is 30.1 Å². The Morgan fingerprint density at radius 2 is 1.95 bits per heavy atom. The third-order valence-corrected chi connectivity index (χ3v) is 2.88. The van der Waals surface area contributed by atoms with E-state index in [0.717, 1.165) is 13.0 Å². The molecule has 0 saturated carbocycles. The fourth-order valence-corrected chi connectivity index (χ4v) is 2.15. The largest absolute Gasteiger partial charge is 0.466 e. The third-order valence-electron chi connectivity index (χ3n) is 2.38. The van der Waals surface area contributed by atoms with Gasteiger partial charge in [-0.3, -0.25) is 0 Å². The first-order valence-electron chi connectivity index (χ1n) is 6.29. The highest BCUT2D eigenvalue weighted by molar-refractivity contribution is 6.35. The Morgan fingerprint density at radius 3 is 2.57 bits per heavy atom. The summed E-state index contributed by atoms with van der Waals surface area (Å²) in [5.41, 5.74) is 0.663. The minimum Gasteiger partial charge on any atom is -0.466 e. The van der Waals surface area contributed by atoms with Gasteiger partial charge < -0.3 is 14.8 Å². The van der Waals surface area contributed by atoms with Crippen molar-refractivity contribution in [3.05, 3.63) is 27.7 Å². The second-order valence-corrected chi connectivity index (χ2v) is 5.12. The second-order valence-electron chi connectivity index (χ2n) is 4.28.